The molecule has 0 atom stereocenters. The van der Waals surface area contributed by atoms with E-state index in [1.165, 1.54) is 0 Å². The van der Waals surface area contributed by atoms with Gasteiger partial charge in [0, 0.05) is 5.39 Å². The highest BCUT2D eigenvalue weighted by Gasteiger charge is 2.15. The van der Waals surface area contributed by atoms with Crippen LogP contribution in [0.2, 0.25) is 0 Å². The zero-order chi connectivity index (χ0) is 15.8. The number of benzene rings is 3. The highest BCUT2D eigenvalue weighted by Crippen LogP contribution is 2.30. The predicted molar refractivity (Wildman–Crippen MR) is 89.7 cm³/mol. The summed E-state index contributed by atoms with van der Waals surface area (Å²) in [4.78, 5) is 12.5. The van der Waals surface area contributed by atoms with Gasteiger partial charge in [0.05, 0.1) is 11.2 Å². The number of carbonyl (C=O) groups is 1. The van der Waals surface area contributed by atoms with Crippen LogP contribution in [0, 0.1) is 0 Å². The Hall–Kier alpha value is -3.34. The van der Waals surface area contributed by atoms with E-state index in [9.17, 15) is 9.90 Å². The minimum Gasteiger partial charge on any atom is -0.506 e. The normalized spacial score (nSPS) is 11.0. The Labute approximate surface area is 131 Å². The van der Waals surface area contributed by atoms with E-state index in [0.29, 0.717) is 11.4 Å². The lowest BCUT2D eigenvalue weighted by atomic mass is 10.1. The Balaban J connectivity index is 1.72. The second-order valence-corrected chi connectivity index (χ2v) is 5.29. The average molecular weight is 303 g/mol. The second-order valence-electron chi connectivity index (χ2n) is 5.29. The average Bonchev–Trinajstić information content (AvgIpc) is 2.99. The SMILES string of the molecule is O=C(Nc1cc2ccccc2cc1O)c1n[nH]c2ccccc12. The third-order valence-corrected chi connectivity index (χ3v) is 3.80. The van der Waals surface area contributed by atoms with Crippen LogP contribution in [-0.2, 0) is 0 Å². The summed E-state index contributed by atoms with van der Waals surface area (Å²) in [5, 5.41) is 22.3. The van der Waals surface area contributed by atoms with Gasteiger partial charge in [-0.15, -0.1) is 0 Å². The Bertz CT molecular complexity index is 1040. The number of hydrogen-bond donors (Lipinski definition) is 3. The summed E-state index contributed by atoms with van der Waals surface area (Å²) in [5.41, 5.74) is 1.45. The number of amides is 1. The number of hydrogen-bond acceptors (Lipinski definition) is 3. The number of rotatable bonds is 2. The predicted octanol–water partition coefficient (Wildman–Crippen LogP) is 3.67. The molecule has 1 aromatic heterocycles. The summed E-state index contributed by atoms with van der Waals surface area (Å²) in [6.07, 6.45) is 0. The van der Waals surface area contributed by atoms with E-state index in [1.807, 2.05) is 48.5 Å². The molecular weight excluding hydrogens is 290 g/mol. The number of nitrogens with zero attached hydrogens (tertiary/aromatic N) is 1. The summed E-state index contributed by atoms with van der Waals surface area (Å²) < 4.78 is 0. The number of anilines is 1. The number of aromatic nitrogens is 2. The van der Waals surface area contributed by atoms with E-state index in [4.69, 9.17) is 0 Å². The van der Waals surface area contributed by atoms with Gasteiger partial charge in [0.15, 0.2) is 5.69 Å². The molecule has 0 saturated carbocycles. The molecule has 0 spiro atoms. The van der Waals surface area contributed by atoms with Crippen LogP contribution in [0.25, 0.3) is 21.7 Å². The molecule has 1 heterocycles. The van der Waals surface area contributed by atoms with Crippen molar-refractivity contribution in [2.24, 2.45) is 0 Å². The molecule has 3 aromatic carbocycles. The van der Waals surface area contributed by atoms with E-state index in [-0.39, 0.29) is 11.7 Å². The number of para-hydroxylation sites is 1. The Morgan fingerprint density at radius 3 is 2.52 bits per heavy atom. The zero-order valence-electron chi connectivity index (χ0n) is 12.1. The fourth-order valence-corrected chi connectivity index (χ4v) is 2.65. The van der Waals surface area contributed by atoms with Crippen molar-refractivity contribution in [3.63, 3.8) is 0 Å². The molecule has 0 aliphatic rings. The van der Waals surface area contributed by atoms with Gasteiger partial charge in [0.1, 0.15) is 5.75 Å². The lowest BCUT2D eigenvalue weighted by molar-refractivity contribution is 0.102. The molecule has 0 bridgehead atoms. The maximum absolute atomic E-state index is 12.5. The summed E-state index contributed by atoms with van der Waals surface area (Å²) in [5.74, 6) is -0.343. The molecule has 4 rings (SSSR count). The number of H-pyrrole nitrogens is 1. The van der Waals surface area contributed by atoms with Crippen molar-refractivity contribution in [1.29, 1.82) is 0 Å². The molecule has 0 unspecified atom stereocenters. The van der Waals surface area contributed by atoms with Crippen molar-refractivity contribution < 1.29 is 9.90 Å². The standard InChI is InChI=1S/C18H13N3O2/c22-16-10-12-6-2-1-5-11(12)9-15(16)19-18(23)17-13-7-3-4-8-14(13)20-21-17/h1-10,22H,(H,19,23)(H,20,21). The van der Waals surface area contributed by atoms with Gasteiger partial charge in [0.25, 0.3) is 5.91 Å². The van der Waals surface area contributed by atoms with Crippen LogP contribution in [0.15, 0.2) is 60.7 Å². The number of carbonyl (C=O) groups excluding carboxylic acids is 1. The van der Waals surface area contributed by atoms with Crippen LogP contribution in [-0.4, -0.2) is 21.2 Å². The van der Waals surface area contributed by atoms with Crippen LogP contribution in [0.1, 0.15) is 10.5 Å². The smallest absolute Gasteiger partial charge is 0.276 e. The highest BCUT2D eigenvalue weighted by atomic mass is 16.3. The van der Waals surface area contributed by atoms with Crippen LogP contribution in [0.3, 0.4) is 0 Å². The van der Waals surface area contributed by atoms with Gasteiger partial charge in [0.2, 0.25) is 0 Å². The Kier molecular flexibility index (Phi) is 2.98. The number of fused-ring (bicyclic) bond motifs is 2. The van der Waals surface area contributed by atoms with Crippen molar-refractivity contribution in [3.8, 4) is 5.75 Å². The van der Waals surface area contributed by atoms with Crippen LogP contribution < -0.4 is 5.32 Å². The highest BCUT2D eigenvalue weighted by molar-refractivity contribution is 6.12. The quantitative estimate of drug-likeness (QED) is 0.494. The van der Waals surface area contributed by atoms with Gasteiger partial charge in [-0.2, -0.15) is 5.10 Å². The molecule has 0 aliphatic heterocycles. The first-order valence-electron chi connectivity index (χ1n) is 7.18. The van der Waals surface area contributed by atoms with E-state index >= 15 is 0 Å². The number of aromatic hydroxyl groups is 1. The van der Waals surface area contributed by atoms with Crippen molar-refractivity contribution in [2.75, 3.05) is 5.32 Å². The van der Waals surface area contributed by atoms with Crippen molar-refractivity contribution in [1.82, 2.24) is 10.2 Å². The summed E-state index contributed by atoms with van der Waals surface area (Å²) >= 11 is 0. The van der Waals surface area contributed by atoms with Crippen molar-refractivity contribution >= 4 is 33.3 Å². The summed E-state index contributed by atoms with van der Waals surface area (Å²) in [6, 6.07) is 18.4. The molecule has 0 fully saturated rings. The summed E-state index contributed by atoms with van der Waals surface area (Å²) in [6.45, 7) is 0. The fraction of sp³-hybridized carbons (Fsp3) is 0. The van der Waals surface area contributed by atoms with E-state index in [2.05, 4.69) is 15.5 Å². The molecule has 0 saturated heterocycles. The molecule has 1 amide bonds. The fourth-order valence-electron chi connectivity index (χ4n) is 2.65. The maximum atomic E-state index is 12.5. The largest absolute Gasteiger partial charge is 0.506 e. The van der Waals surface area contributed by atoms with Crippen LogP contribution >= 0.6 is 0 Å². The number of phenols is 1. The molecule has 5 nitrogen and oxygen atoms in total. The lowest BCUT2D eigenvalue weighted by Gasteiger charge is -2.08. The second kappa shape index (κ2) is 5.14. The molecule has 0 aliphatic carbocycles. The van der Waals surface area contributed by atoms with Gasteiger partial charge in [-0.3, -0.25) is 9.89 Å². The van der Waals surface area contributed by atoms with Gasteiger partial charge in [-0.25, -0.2) is 0 Å². The monoisotopic (exact) mass is 303 g/mol. The first-order valence-corrected chi connectivity index (χ1v) is 7.18. The van der Waals surface area contributed by atoms with Crippen LogP contribution in [0.4, 0.5) is 5.69 Å². The maximum Gasteiger partial charge on any atom is 0.276 e. The minimum atomic E-state index is -0.368. The molecule has 5 heteroatoms. The Morgan fingerprint density at radius 1 is 1.00 bits per heavy atom. The molecule has 0 radical (unpaired) electrons. The van der Waals surface area contributed by atoms with Crippen molar-refractivity contribution in [3.05, 3.63) is 66.4 Å². The third kappa shape index (κ3) is 2.28. The number of nitrogens with one attached hydrogen (secondary N) is 2. The van der Waals surface area contributed by atoms with E-state index in [0.717, 1.165) is 21.7 Å². The molecule has 4 aromatic rings. The topological polar surface area (TPSA) is 78.0 Å². The number of aromatic amines is 1. The first kappa shape index (κ1) is 13.3. The zero-order valence-corrected chi connectivity index (χ0v) is 12.1. The minimum absolute atomic E-state index is 0.0249. The Morgan fingerprint density at radius 2 is 1.70 bits per heavy atom. The molecule has 23 heavy (non-hydrogen) atoms. The van der Waals surface area contributed by atoms with Crippen LogP contribution in [0.5, 0.6) is 5.75 Å². The van der Waals surface area contributed by atoms with E-state index < -0.39 is 0 Å². The lowest BCUT2D eigenvalue weighted by Crippen LogP contribution is -2.13. The van der Waals surface area contributed by atoms with Gasteiger partial charge in [-0.05, 0) is 29.0 Å². The molecular formula is C18H13N3O2. The van der Waals surface area contributed by atoms with Gasteiger partial charge in [-0.1, -0.05) is 42.5 Å². The summed E-state index contributed by atoms with van der Waals surface area (Å²) in [7, 11) is 0. The van der Waals surface area contributed by atoms with E-state index in [1.54, 1.807) is 12.1 Å². The molecule has 112 valence electrons. The number of phenolic OH excluding ortho intramolecular Hbond substituents is 1. The third-order valence-electron chi connectivity index (χ3n) is 3.80. The van der Waals surface area contributed by atoms with Gasteiger partial charge < -0.3 is 10.4 Å². The first-order chi connectivity index (χ1) is 11.2. The van der Waals surface area contributed by atoms with Crippen molar-refractivity contribution in [2.45, 2.75) is 0 Å². The van der Waals surface area contributed by atoms with Gasteiger partial charge >= 0.3 is 0 Å². The molecule has 3 N–H and O–H groups in total.